The average molecular weight is 389 g/mol. The molecule has 0 atom stereocenters. The maximum Gasteiger partial charge on any atom is 0.263 e. The number of fused-ring (bicyclic) bond motifs is 2. The largest absolute Gasteiger partial charge is 0.480 e. The topological polar surface area (TPSA) is 51.2 Å². The fourth-order valence-electron chi connectivity index (χ4n) is 3.82. The molecule has 0 saturated carbocycles. The van der Waals surface area contributed by atoms with Crippen molar-refractivity contribution in [3.63, 3.8) is 0 Å². The molecule has 1 aliphatic heterocycles. The predicted octanol–water partition coefficient (Wildman–Crippen LogP) is 5.38. The number of rotatable bonds is 3. The predicted molar refractivity (Wildman–Crippen MR) is 118 cm³/mol. The summed E-state index contributed by atoms with van der Waals surface area (Å²) in [6.07, 6.45) is 0.952. The van der Waals surface area contributed by atoms with E-state index in [4.69, 9.17) is 4.74 Å². The summed E-state index contributed by atoms with van der Waals surface area (Å²) in [6.45, 7) is 11.3. The smallest absolute Gasteiger partial charge is 0.263 e. The van der Waals surface area contributed by atoms with E-state index in [0.717, 1.165) is 17.3 Å². The highest BCUT2D eigenvalue weighted by Gasteiger charge is 2.23. The minimum absolute atomic E-state index is 0.0254. The highest BCUT2D eigenvalue weighted by Crippen LogP contribution is 2.34. The van der Waals surface area contributed by atoms with Crippen molar-refractivity contribution in [2.75, 3.05) is 11.9 Å². The van der Waals surface area contributed by atoms with Crippen LogP contribution in [0.25, 0.3) is 10.9 Å². The molecule has 2 aromatic carbocycles. The van der Waals surface area contributed by atoms with E-state index in [2.05, 4.69) is 81.3 Å². The summed E-state index contributed by atoms with van der Waals surface area (Å²) in [7, 11) is 0. The van der Waals surface area contributed by atoms with Crippen molar-refractivity contribution in [1.82, 2.24) is 4.98 Å². The minimum Gasteiger partial charge on any atom is -0.480 e. The first-order valence-corrected chi connectivity index (χ1v) is 10.1. The maximum atomic E-state index is 11.5. The molecule has 0 radical (unpaired) electrons. The first-order chi connectivity index (χ1) is 13.6. The molecule has 0 aliphatic carbocycles. The molecular formula is C25H28N2O2. The van der Waals surface area contributed by atoms with Gasteiger partial charge < -0.3 is 10.1 Å². The van der Waals surface area contributed by atoms with Gasteiger partial charge in [-0.2, -0.15) is 0 Å². The van der Waals surface area contributed by atoms with Crippen LogP contribution in [-0.4, -0.2) is 17.5 Å². The molecule has 1 amide bonds. The van der Waals surface area contributed by atoms with E-state index in [9.17, 15) is 4.79 Å². The van der Waals surface area contributed by atoms with Crippen molar-refractivity contribution in [3.8, 4) is 5.75 Å². The summed E-state index contributed by atoms with van der Waals surface area (Å²) in [6, 6.07) is 17.3. The second-order valence-electron chi connectivity index (χ2n) is 9.59. The Morgan fingerprint density at radius 3 is 2.34 bits per heavy atom. The van der Waals surface area contributed by atoms with Gasteiger partial charge >= 0.3 is 0 Å². The fraction of sp³-hybridized carbons (Fsp3) is 0.360. The number of hydrogen-bond acceptors (Lipinski definition) is 3. The standard InChI is InChI=1S/C25H28N2O2/c1-24(2,3)18-8-6-16(7-9-18)14-25(4,5)19-10-11-20-17(12-19)13-21-23(26-20)27-22(28)15-29-21/h6-13H,14-15H2,1-5H3,(H,26,27,28). The van der Waals surface area contributed by atoms with Gasteiger partial charge in [-0.15, -0.1) is 0 Å². The lowest BCUT2D eigenvalue weighted by molar-refractivity contribution is -0.118. The van der Waals surface area contributed by atoms with Crippen molar-refractivity contribution < 1.29 is 9.53 Å². The van der Waals surface area contributed by atoms with Gasteiger partial charge in [0.15, 0.2) is 18.2 Å². The molecule has 0 spiro atoms. The van der Waals surface area contributed by atoms with E-state index >= 15 is 0 Å². The van der Waals surface area contributed by atoms with Gasteiger partial charge in [0.1, 0.15) is 0 Å². The van der Waals surface area contributed by atoms with Crippen LogP contribution in [0.3, 0.4) is 0 Å². The highest BCUT2D eigenvalue weighted by molar-refractivity contribution is 5.96. The minimum atomic E-state index is -0.167. The van der Waals surface area contributed by atoms with Gasteiger partial charge in [0.2, 0.25) is 0 Å². The average Bonchev–Trinajstić information content (AvgIpc) is 2.65. The van der Waals surface area contributed by atoms with Crippen LogP contribution in [0, 0.1) is 0 Å². The molecule has 2 heterocycles. The number of nitrogens with one attached hydrogen (secondary N) is 1. The molecule has 4 rings (SSSR count). The third kappa shape index (κ3) is 3.98. The van der Waals surface area contributed by atoms with Crippen molar-refractivity contribution in [2.45, 2.75) is 51.9 Å². The molecule has 4 heteroatoms. The van der Waals surface area contributed by atoms with Crippen molar-refractivity contribution >= 4 is 22.6 Å². The number of pyridine rings is 1. The zero-order valence-electron chi connectivity index (χ0n) is 17.8. The fourth-order valence-corrected chi connectivity index (χ4v) is 3.82. The van der Waals surface area contributed by atoms with Gasteiger partial charge in [0.05, 0.1) is 5.52 Å². The summed E-state index contributed by atoms with van der Waals surface area (Å²) in [4.78, 5) is 16.1. The maximum absolute atomic E-state index is 11.5. The normalized spacial score (nSPS) is 14.3. The molecule has 1 N–H and O–H groups in total. The molecule has 4 nitrogen and oxygen atoms in total. The summed E-state index contributed by atoms with van der Waals surface area (Å²) in [5.41, 5.74) is 4.93. The Labute approximate surface area is 172 Å². The van der Waals surface area contributed by atoms with E-state index in [0.29, 0.717) is 11.6 Å². The van der Waals surface area contributed by atoms with Gasteiger partial charge in [-0.05, 0) is 52.1 Å². The van der Waals surface area contributed by atoms with Crippen LogP contribution in [0.1, 0.15) is 51.3 Å². The summed E-state index contributed by atoms with van der Waals surface area (Å²) < 4.78 is 5.53. The van der Waals surface area contributed by atoms with E-state index in [1.807, 2.05) is 12.1 Å². The number of nitrogens with zero attached hydrogens (tertiary/aromatic N) is 1. The number of benzene rings is 2. The second-order valence-corrected chi connectivity index (χ2v) is 9.59. The molecule has 0 fully saturated rings. The van der Waals surface area contributed by atoms with Crippen LogP contribution in [-0.2, 0) is 22.0 Å². The Hall–Kier alpha value is -2.88. The Morgan fingerprint density at radius 1 is 0.966 bits per heavy atom. The molecule has 0 unspecified atom stereocenters. The summed E-state index contributed by atoms with van der Waals surface area (Å²) in [5.74, 6) is 0.962. The molecule has 1 aliphatic rings. The van der Waals surface area contributed by atoms with E-state index in [1.54, 1.807) is 0 Å². The lowest BCUT2D eigenvalue weighted by Gasteiger charge is -2.27. The molecule has 0 saturated heterocycles. The quantitative estimate of drug-likeness (QED) is 0.655. The van der Waals surface area contributed by atoms with Gasteiger partial charge in [0, 0.05) is 5.39 Å². The Bertz CT molecular complexity index is 1080. The molecule has 0 bridgehead atoms. The number of carbonyl (C=O) groups excluding carboxylic acids is 1. The van der Waals surface area contributed by atoms with E-state index in [1.165, 1.54) is 16.7 Å². The lowest BCUT2D eigenvalue weighted by Crippen LogP contribution is -2.26. The van der Waals surface area contributed by atoms with Crippen molar-refractivity contribution in [1.29, 1.82) is 0 Å². The lowest BCUT2D eigenvalue weighted by atomic mass is 9.78. The van der Waals surface area contributed by atoms with Crippen LogP contribution in [0.15, 0.2) is 48.5 Å². The van der Waals surface area contributed by atoms with Crippen LogP contribution in [0.2, 0.25) is 0 Å². The number of amides is 1. The molecule has 3 aromatic rings. The second kappa shape index (κ2) is 6.87. The number of anilines is 1. The molecule has 150 valence electrons. The Balaban J connectivity index is 1.62. The SMILES string of the molecule is CC(C)(C)c1ccc(CC(C)(C)c2ccc3nc4c(cc3c2)OCC(=O)N4)cc1. The van der Waals surface area contributed by atoms with Crippen molar-refractivity contribution in [3.05, 3.63) is 65.2 Å². The van der Waals surface area contributed by atoms with Gasteiger partial charge in [-0.3, -0.25) is 4.79 Å². The summed E-state index contributed by atoms with van der Waals surface area (Å²) in [5, 5.41) is 3.79. The highest BCUT2D eigenvalue weighted by atomic mass is 16.5. The zero-order chi connectivity index (χ0) is 20.8. The summed E-state index contributed by atoms with van der Waals surface area (Å²) >= 11 is 0. The molecule has 29 heavy (non-hydrogen) atoms. The van der Waals surface area contributed by atoms with Gasteiger partial charge in [0.25, 0.3) is 5.91 Å². The van der Waals surface area contributed by atoms with E-state index < -0.39 is 0 Å². The van der Waals surface area contributed by atoms with Crippen LogP contribution >= 0.6 is 0 Å². The molecule has 1 aromatic heterocycles. The number of aromatic nitrogens is 1. The van der Waals surface area contributed by atoms with Crippen molar-refractivity contribution in [2.24, 2.45) is 0 Å². The van der Waals surface area contributed by atoms with E-state index in [-0.39, 0.29) is 23.3 Å². The Morgan fingerprint density at radius 2 is 1.66 bits per heavy atom. The van der Waals surface area contributed by atoms with Gasteiger partial charge in [-0.1, -0.05) is 65.0 Å². The number of carbonyl (C=O) groups is 1. The Kier molecular flexibility index (Phi) is 4.60. The first kappa shape index (κ1) is 19.4. The van der Waals surface area contributed by atoms with Crippen LogP contribution in [0.4, 0.5) is 5.82 Å². The van der Waals surface area contributed by atoms with Gasteiger partial charge in [-0.25, -0.2) is 4.98 Å². The number of hydrogen-bond donors (Lipinski definition) is 1. The monoisotopic (exact) mass is 388 g/mol. The first-order valence-electron chi connectivity index (χ1n) is 10.1. The van der Waals surface area contributed by atoms with Crippen LogP contribution < -0.4 is 10.1 Å². The zero-order valence-corrected chi connectivity index (χ0v) is 17.8. The number of ether oxygens (including phenoxy) is 1. The third-order valence-electron chi connectivity index (χ3n) is 5.64. The third-order valence-corrected chi connectivity index (χ3v) is 5.64. The van der Waals surface area contributed by atoms with Crippen LogP contribution in [0.5, 0.6) is 5.75 Å². The molecular weight excluding hydrogens is 360 g/mol.